The first-order valence-electron chi connectivity index (χ1n) is 14.2. The fraction of sp³-hybridized carbons (Fsp3) is 0.364. The van der Waals surface area contributed by atoms with Crippen LogP contribution in [0.25, 0.3) is 0 Å². The zero-order valence-corrected chi connectivity index (χ0v) is 22.8. The Balaban J connectivity index is 1.03. The van der Waals surface area contributed by atoms with Gasteiger partial charge in [-0.2, -0.15) is 0 Å². The highest BCUT2D eigenvalue weighted by atomic mass is 19.1. The van der Waals surface area contributed by atoms with E-state index in [1.165, 1.54) is 17.7 Å². The normalized spacial score (nSPS) is 20.0. The molecule has 3 aromatic carbocycles. The minimum Gasteiger partial charge on any atom is -0.489 e. The lowest BCUT2D eigenvalue weighted by atomic mass is 9.89. The quantitative estimate of drug-likeness (QED) is 0.355. The third-order valence-electron chi connectivity index (χ3n) is 8.54. The van der Waals surface area contributed by atoms with Crippen LogP contribution in [0.1, 0.15) is 70.6 Å². The first-order valence-corrected chi connectivity index (χ1v) is 14.2. The number of likely N-dealkylation sites (tertiary alicyclic amines) is 1. The predicted molar refractivity (Wildman–Crippen MR) is 148 cm³/mol. The van der Waals surface area contributed by atoms with Crippen molar-refractivity contribution >= 4 is 17.5 Å². The summed E-state index contributed by atoms with van der Waals surface area (Å²) in [6.07, 6.45) is 2.33. The van der Waals surface area contributed by atoms with Gasteiger partial charge in [0.1, 0.15) is 29.8 Å². The van der Waals surface area contributed by atoms with Gasteiger partial charge in [0.05, 0.1) is 19.0 Å². The van der Waals surface area contributed by atoms with E-state index in [0.717, 1.165) is 55.2 Å². The maximum atomic E-state index is 13.6. The third kappa shape index (κ3) is 5.93. The molecule has 1 unspecified atom stereocenters. The van der Waals surface area contributed by atoms with E-state index in [-0.39, 0.29) is 29.8 Å². The van der Waals surface area contributed by atoms with E-state index < -0.39 is 17.7 Å². The Morgan fingerprint density at radius 3 is 2.27 bits per heavy atom. The van der Waals surface area contributed by atoms with Gasteiger partial charge in [-0.05, 0) is 79.2 Å². The summed E-state index contributed by atoms with van der Waals surface area (Å²) in [7, 11) is 0. The molecule has 3 aliphatic rings. The summed E-state index contributed by atoms with van der Waals surface area (Å²) in [6.45, 7) is 3.19. The number of ketones is 2. The van der Waals surface area contributed by atoms with Crippen LogP contribution in [0.3, 0.4) is 0 Å². The highest BCUT2D eigenvalue weighted by Gasteiger charge is 2.40. The molecule has 1 saturated carbocycles. The highest BCUT2D eigenvalue weighted by molar-refractivity contribution is 6.07. The lowest BCUT2D eigenvalue weighted by molar-refractivity contribution is -0.133. The van der Waals surface area contributed by atoms with Crippen LogP contribution in [-0.2, 0) is 29.3 Å². The van der Waals surface area contributed by atoms with E-state index in [1.807, 2.05) is 18.2 Å². The van der Waals surface area contributed by atoms with Crippen molar-refractivity contribution in [3.05, 3.63) is 100 Å². The topological polar surface area (TPSA) is 66.9 Å². The number of rotatable bonds is 7. The first-order chi connectivity index (χ1) is 19.8. The lowest BCUT2D eigenvalue weighted by Gasteiger charge is -2.32. The van der Waals surface area contributed by atoms with Crippen molar-refractivity contribution in [2.45, 2.75) is 63.8 Å². The van der Waals surface area contributed by atoms with Crippen LogP contribution in [0.5, 0.6) is 5.75 Å². The second-order valence-electron chi connectivity index (χ2n) is 11.3. The van der Waals surface area contributed by atoms with Crippen molar-refractivity contribution in [2.75, 3.05) is 13.1 Å². The molecule has 0 aromatic heterocycles. The van der Waals surface area contributed by atoms with E-state index in [4.69, 9.17) is 4.74 Å². The number of halogens is 2. The first kappa shape index (κ1) is 27.3. The summed E-state index contributed by atoms with van der Waals surface area (Å²) in [5, 5.41) is 0. The Bertz CT molecular complexity index is 1460. The van der Waals surface area contributed by atoms with Gasteiger partial charge >= 0.3 is 0 Å². The maximum Gasteiger partial charge on any atom is 0.255 e. The van der Waals surface area contributed by atoms with Gasteiger partial charge in [0.15, 0.2) is 5.78 Å². The standard InChI is InChI=1S/C33H32F2N2O4/c34-25-14-24(15-26(35)16-25)23-10-12-36(13-11-23)18-21-4-6-22(7-5-21)20-41-32-3-1-2-28-29(32)19-37(33(28)40)30-9-8-27(38)17-31(30)39/h1-7,14-16,23,30H,8-13,17-20H2. The average Bonchev–Trinajstić information content (AvgIpc) is 3.29. The minimum atomic E-state index is -0.553. The number of hydrogen-bond donors (Lipinski definition) is 0. The van der Waals surface area contributed by atoms with Crippen molar-refractivity contribution in [2.24, 2.45) is 0 Å². The van der Waals surface area contributed by atoms with Gasteiger partial charge in [-0.15, -0.1) is 0 Å². The van der Waals surface area contributed by atoms with E-state index in [0.29, 0.717) is 37.3 Å². The number of nitrogens with zero attached hydrogens (tertiary/aromatic N) is 2. The molecule has 1 saturated heterocycles. The largest absolute Gasteiger partial charge is 0.489 e. The Labute approximate surface area is 237 Å². The van der Waals surface area contributed by atoms with Crippen LogP contribution in [0, 0.1) is 11.6 Å². The maximum absolute atomic E-state index is 13.6. The molecule has 0 spiro atoms. The SMILES string of the molecule is O=C1CCC(N2Cc3c(OCc4ccc(CN5CCC(c6cc(F)cc(F)c6)CC5)cc4)cccc3C2=O)C(=O)C1. The second kappa shape index (κ2) is 11.5. The molecule has 0 radical (unpaired) electrons. The number of fused-ring (bicyclic) bond motifs is 1. The average molecular weight is 559 g/mol. The molecule has 0 N–H and O–H groups in total. The third-order valence-corrected chi connectivity index (χ3v) is 8.54. The van der Waals surface area contributed by atoms with Crippen molar-refractivity contribution in [3.63, 3.8) is 0 Å². The van der Waals surface area contributed by atoms with Gasteiger partial charge in [-0.3, -0.25) is 19.3 Å². The van der Waals surface area contributed by atoms with Gasteiger partial charge in [0.25, 0.3) is 5.91 Å². The number of carbonyl (C=O) groups excluding carboxylic acids is 3. The lowest BCUT2D eigenvalue weighted by Crippen LogP contribution is -2.44. The Kier molecular flexibility index (Phi) is 7.67. The molecule has 2 fully saturated rings. The Morgan fingerprint density at radius 1 is 0.854 bits per heavy atom. The summed E-state index contributed by atoms with van der Waals surface area (Å²) in [6, 6.07) is 16.9. The molecule has 2 aliphatic heterocycles. The molecule has 0 bridgehead atoms. The molecular weight excluding hydrogens is 526 g/mol. The summed E-state index contributed by atoms with van der Waals surface area (Å²) < 4.78 is 33.4. The molecule has 6 nitrogen and oxygen atoms in total. The fourth-order valence-electron chi connectivity index (χ4n) is 6.30. The Hall–Kier alpha value is -3.91. The van der Waals surface area contributed by atoms with Crippen LogP contribution in [0.4, 0.5) is 8.78 Å². The van der Waals surface area contributed by atoms with E-state index in [2.05, 4.69) is 17.0 Å². The zero-order chi connectivity index (χ0) is 28.5. The summed E-state index contributed by atoms with van der Waals surface area (Å²) in [5.41, 5.74) is 4.26. The van der Waals surface area contributed by atoms with Crippen molar-refractivity contribution in [1.82, 2.24) is 9.80 Å². The van der Waals surface area contributed by atoms with Crippen LogP contribution >= 0.6 is 0 Å². The zero-order valence-electron chi connectivity index (χ0n) is 22.8. The van der Waals surface area contributed by atoms with Crippen LogP contribution < -0.4 is 4.74 Å². The molecule has 6 rings (SSSR count). The molecular formula is C33H32F2N2O4. The molecule has 1 amide bonds. The van der Waals surface area contributed by atoms with Crippen LogP contribution in [0.15, 0.2) is 60.7 Å². The molecule has 3 aromatic rings. The minimum absolute atomic E-state index is 0.0614. The van der Waals surface area contributed by atoms with Gasteiger partial charge in [-0.25, -0.2) is 8.78 Å². The van der Waals surface area contributed by atoms with Crippen molar-refractivity contribution < 1.29 is 27.9 Å². The van der Waals surface area contributed by atoms with E-state index in [1.54, 1.807) is 17.0 Å². The number of amides is 1. The van der Waals surface area contributed by atoms with Gasteiger partial charge < -0.3 is 9.64 Å². The monoisotopic (exact) mass is 558 g/mol. The highest BCUT2D eigenvalue weighted by Crippen LogP contribution is 2.35. The van der Waals surface area contributed by atoms with Crippen molar-refractivity contribution in [3.8, 4) is 5.75 Å². The number of piperidine rings is 1. The molecule has 1 atom stereocenters. The van der Waals surface area contributed by atoms with E-state index >= 15 is 0 Å². The molecule has 8 heteroatoms. The predicted octanol–water partition coefficient (Wildman–Crippen LogP) is 5.57. The van der Waals surface area contributed by atoms with Crippen molar-refractivity contribution in [1.29, 1.82) is 0 Å². The molecule has 1 aliphatic carbocycles. The van der Waals surface area contributed by atoms with Crippen LogP contribution in [0.2, 0.25) is 0 Å². The van der Waals surface area contributed by atoms with Crippen LogP contribution in [-0.4, -0.2) is 46.4 Å². The number of Topliss-reactive ketones (excluding diaryl/α,β-unsaturated/α-hetero) is 2. The number of benzene rings is 3. The Morgan fingerprint density at radius 2 is 1.56 bits per heavy atom. The molecule has 41 heavy (non-hydrogen) atoms. The second-order valence-corrected chi connectivity index (χ2v) is 11.3. The number of ether oxygens (including phenoxy) is 1. The summed E-state index contributed by atoms with van der Waals surface area (Å²) >= 11 is 0. The van der Waals surface area contributed by atoms with Gasteiger partial charge in [0, 0.05) is 30.2 Å². The van der Waals surface area contributed by atoms with Gasteiger partial charge in [-0.1, -0.05) is 30.3 Å². The van der Waals surface area contributed by atoms with Gasteiger partial charge in [0.2, 0.25) is 0 Å². The molecule has 212 valence electrons. The molecule has 2 heterocycles. The summed E-state index contributed by atoms with van der Waals surface area (Å²) in [5.74, 6) is -0.672. The summed E-state index contributed by atoms with van der Waals surface area (Å²) in [4.78, 5) is 41.1. The fourth-order valence-corrected chi connectivity index (χ4v) is 6.30. The van der Waals surface area contributed by atoms with E-state index in [9.17, 15) is 23.2 Å². The smallest absolute Gasteiger partial charge is 0.255 e. The number of hydrogen-bond acceptors (Lipinski definition) is 5. The number of carbonyl (C=O) groups is 3.